The maximum Gasteiger partial charge on any atom is 0.270 e. The lowest BCUT2D eigenvalue weighted by Crippen LogP contribution is -2.40. The van der Waals surface area contributed by atoms with E-state index >= 15 is 0 Å². The number of aromatic amines is 1. The van der Waals surface area contributed by atoms with E-state index in [1.165, 1.54) is 11.3 Å². The lowest BCUT2D eigenvalue weighted by molar-refractivity contribution is -0.125. The molecule has 1 aliphatic rings. The minimum Gasteiger partial charge on any atom is -0.485 e. The molecule has 0 bridgehead atoms. The van der Waals surface area contributed by atoms with E-state index < -0.39 is 12.0 Å². The Balaban J connectivity index is 1.44. The summed E-state index contributed by atoms with van der Waals surface area (Å²) < 4.78 is 11.2. The number of thiazole rings is 1. The van der Waals surface area contributed by atoms with E-state index in [0.29, 0.717) is 33.6 Å². The summed E-state index contributed by atoms with van der Waals surface area (Å²) in [5, 5.41) is 4.92. The molecule has 0 fully saturated rings. The summed E-state index contributed by atoms with van der Waals surface area (Å²) in [6.07, 6.45) is 0.876. The normalized spacial score (nSPS) is 15.5. The van der Waals surface area contributed by atoms with Crippen molar-refractivity contribution < 1.29 is 19.1 Å². The van der Waals surface area contributed by atoms with Crippen molar-refractivity contribution in [3.63, 3.8) is 0 Å². The van der Waals surface area contributed by atoms with Gasteiger partial charge in [0.15, 0.2) is 16.6 Å². The maximum atomic E-state index is 12.4. The van der Waals surface area contributed by atoms with Gasteiger partial charge in [0.1, 0.15) is 12.3 Å². The van der Waals surface area contributed by atoms with Crippen molar-refractivity contribution in [2.75, 3.05) is 11.9 Å². The van der Waals surface area contributed by atoms with Crippen LogP contribution >= 0.6 is 11.3 Å². The van der Waals surface area contributed by atoms with Crippen LogP contribution in [0.5, 0.6) is 11.5 Å². The number of H-pyrrole nitrogens is 1. The van der Waals surface area contributed by atoms with Crippen molar-refractivity contribution >= 4 is 28.3 Å². The zero-order valence-electron chi connectivity index (χ0n) is 13.4. The Bertz CT molecular complexity index is 981. The number of carbonyl (C=O) groups is 2. The molecule has 1 aromatic carbocycles. The van der Waals surface area contributed by atoms with E-state index in [4.69, 9.17) is 15.2 Å². The molecule has 1 aliphatic heterocycles. The molecule has 132 valence electrons. The fourth-order valence-corrected chi connectivity index (χ4v) is 3.21. The number of nitrogens with two attached hydrogens (primary N) is 1. The lowest BCUT2D eigenvalue weighted by atomic mass is 10.2. The van der Waals surface area contributed by atoms with Crippen molar-refractivity contribution in [2.24, 2.45) is 5.73 Å². The average Bonchev–Trinajstić information content (AvgIpc) is 3.30. The highest BCUT2D eigenvalue weighted by molar-refractivity contribution is 7.14. The molecule has 9 heteroatoms. The van der Waals surface area contributed by atoms with Gasteiger partial charge in [-0.1, -0.05) is 12.1 Å². The molecule has 1 atom stereocenters. The molecule has 0 saturated carbocycles. The number of rotatable bonds is 4. The standard InChI is InChI=1S/C17H14N4O4S/c18-15(22)10-5-9(6-19-10)11-8-26-17(20-11)21-16(23)14-7-24-12-3-1-2-4-13(12)25-14/h1-6,8,14,19H,7H2,(H2,18,22)(H,20,21,23). The first-order valence-electron chi connectivity index (χ1n) is 7.73. The van der Waals surface area contributed by atoms with Crippen LogP contribution in [0.25, 0.3) is 11.3 Å². The molecule has 3 aromatic rings. The zero-order valence-corrected chi connectivity index (χ0v) is 14.2. The van der Waals surface area contributed by atoms with Gasteiger partial charge in [0.05, 0.1) is 5.69 Å². The monoisotopic (exact) mass is 370 g/mol. The van der Waals surface area contributed by atoms with Gasteiger partial charge in [0.2, 0.25) is 6.10 Å². The van der Waals surface area contributed by atoms with Gasteiger partial charge in [-0.2, -0.15) is 0 Å². The number of anilines is 1. The Morgan fingerprint density at radius 1 is 1.31 bits per heavy atom. The number of benzene rings is 1. The summed E-state index contributed by atoms with van der Waals surface area (Å²) in [5.41, 5.74) is 6.85. The Labute approximate surface area is 152 Å². The fraction of sp³-hybridized carbons (Fsp3) is 0.118. The number of ether oxygens (including phenoxy) is 2. The van der Waals surface area contributed by atoms with Crippen LogP contribution < -0.4 is 20.5 Å². The topological polar surface area (TPSA) is 119 Å². The summed E-state index contributed by atoms with van der Waals surface area (Å²) in [6, 6.07) is 8.79. The number of hydrogen-bond donors (Lipinski definition) is 3. The summed E-state index contributed by atoms with van der Waals surface area (Å²) in [6.45, 7) is 0.126. The van der Waals surface area contributed by atoms with Crippen LogP contribution in [0.2, 0.25) is 0 Å². The van der Waals surface area contributed by atoms with E-state index in [2.05, 4.69) is 15.3 Å². The van der Waals surface area contributed by atoms with Crippen molar-refractivity contribution in [3.8, 4) is 22.8 Å². The molecule has 3 heterocycles. The second-order valence-corrected chi connectivity index (χ2v) is 6.42. The number of fused-ring (bicyclic) bond motifs is 1. The third-order valence-corrected chi connectivity index (χ3v) is 4.54. The van der Waals surface area contributed by atoms with Gasteiger partial charge in [-0.25, -0.2) is 4.98 Å². The first kappa shape index (κ1) is 16.2. The number of hydrogen-bond acceptors (Lipinski definition) is 6. The zero-order chi connectivity index (χ0) is 18.1. The number of nitrogens with one attached hydrogen (secondary N) is 2. The number of aromatic nitrogens is 2. The van der Waals surface area contributed by atoms with Crippen molar-refractivity contribution in [2.45, 2.75) is 6.10 Å². The molecule has 4 rings (SSSR count). The molecular weight excluding hydrogens is 356 g/mol. The Kier molecular flexibility index (Phi) is 4.05. The highest BCUT2D eigenvalue weighted by Crippen LogP contribution is 2.31. The summed E-state index contributed by atoms with van der Waals surface area (Å²) >= 11 is 1.27. The number of carbonyl (C=O) groups excluding carboxylic acids is 2. The molecule has 0 saturated heterocycles. The highest BCUT2D eigenvalue weighted by atomic mass is 32.1. The van der Waals surface area contributed by atoms with Crippen LogP contribution in [-0.4, -0.2) is 34.5 Å². The van der Waals surface area contributed by atoms with E-state index in [0.717, 1.165) is 0 Å². The third kappa shape index (κ3) is 3.11. The molecule has 4 N–H and O–H groups in total. The molecular formula is C17H14N4O4S. The summed E-state index contributed by atoms with van der Waals surface area (Å²) in [5.74, 6) is 0.262. The first-order chi connectivity index (χ1) is 12.6. The van der Waals surface area contributed by atoms with Crippen molar-refractivity contribution in [1.82, 2.24) is 9.97 Å². The minimum atomic E-state index is -0.758. The van der Waals surface area contributed by atoms with Gasteiger partial charge in [0.25, 0.3) is 11.8 Å². The molecule has 2 amide bonds. The Morgan fingerprint density at radius 3 is 2.88 bits per heavy atom. The van der Waals surface area contributed by atoms with Gasteiger partial charge in [-0.15, -0.1) is 11.3 Å². The second kappa shape index (κ2) is 6.52. The van der Waals surface area contributed by atoms with Gasteiger partial charge < -0.3 is 20.2 Å². The van der Waals surface area contributed by atoms with E-state index in [1.54, 1.807) is 29.8 Å². The van der Waals surface area contributed by atoms with Gasteiger partial charge in [0, 0.05) is 17.1 Å². The van der Waals surface area contributed by atoms with Crippen LogP contribution in [0.15, 0.2) is 41.9 Å². The van der Waals surface area contributed by atoms with E-state index in [-0.39, 0.29) is 12.5 Å². The molecule has 0 spiro atoms. The van der Waals surface area contributed by atoms with Crippen molar-refractivity contribution in [3.05, 3.63) is 47.6 Å². The number of amides is 2. The van der Waals surface area contributed by atoms with Crippen LogP contribution in [0.1, 0.15) is 10.5 Å². The third-order valence-electron chi connectivity index (χ3n) is 3.78. The minimum absolute atomic E-state index is 0.126. The Hall–Kier alpha value is -3.33. The number of nitrogens with zero attached hydrogens (tertiary/aromatic N) is 1. The van der Waals surface area contributed by atoms with E-state index in [9.17, 15) is 9.59 Å². The molecule has 26 heavy (non-hydrogen) atoms. The smallest absolute Gasteiger partial charge is 0.270 e. The van der Waals surface area contributed by atoms with E-state index in [1.807, 2.05) is 12.1 Å². The quantitative estimate of drug-likeness (QED) is 0.649. The molecule has 0 radical (unpaired) electrons. The predicted molar refractivity (Wildman–Crippen MR) is 95.4 cm³/mol. The van der Waals surface area contributed by atoms with Gasteiger partial charge in [-0.3, -0.25) is 14.9 Å². The van der Waals surface area contributed by atoms with Crippen LogP contribution in [0.3, 0.4) is 0 Å². The van der Waals surface area contributed by atoms with Gasteiger partial charge >= 0.3 is 0 Å². The summed E-state index contributed by atoms with van der Waals surface area (Å²) in [7, 11) is 0. The van der Waals surface area contributed by atoms with Crippen LogP contribution in [0, 0.1) is 0 Å². The SMILES string of the molecule is NC(=O)c1cc(-c2csc(NC(=O)C3COc4ccccc4O3)n2)c[nH]1. The maximum absolute atomic E-state index is 12.4. The predicted octanol–water partition coefficient (Wildman–Crippen LogP) is 2.02. The largest absolute Gasteiger partial charge is 0.485 e. The highest BCUT2D eigenvalue weighted by Gasteiger charge is 2.28. The van der Waals surface area contributed by atoms with Crippen molar-refractivity contribution in [1.29, 1.82) is 0 Å². The second-order valence-electron chi connectivity index (χ2n) is 5.56. The van der Waals surface area contributed by atoms with Crippen LogP contribution in [-0.2, 0) is 4.79 Å². The molecule has 8 nitrogen and oxygen atoms in total. The lowest BCUT2D eigenvalue weighted by Gasteiger charge is -2.25. The molecule has 2 aromatic heterocycles. The average molecular weight is 370 g/mol. The fourth-order valence-electron chi connectivity index (χ4n) is 2.48. The molecule has 1 unspecified atom stereocenters. The first-order valence-corrected chi connectivity index (χ1v) is 8.61. The Morgan fingerprint density at radius 2 is 2.12 bits per heavy atom. The number of primary amides is 1. The van der Waals surface area contributed by atoms with Crippen LogP contribution in [0.4, 0.5) is 5.13 Å². The molecule has 0 aliphatic carbocycles. The summed E-state index contributed by atoms with van der Waals surface area (Å²) in [4.78, 5) is 30.7. The van der Waals surface area contributed by atoms with Gasteiger partial charge in [-0.05, 0) is 18.2 Å². The number of para-hydroxylation sites is 2.